The Labute approximate surface area is 155 Å². The minimum absolute atomic E-state index is 0.0578. The Bertz CT molecular complexity index is 636. The summed E-state index contributed by atoms with van der Waals surface area (Å²) in [7, 11) is 1.43. The maximum Gasteiger partial charge on any atom is 0.274 e. The summed E-state index contributed by atoms with van der Waals surface area (Å²) in [6.45, 7) is 2.15. The molecule has 1 aromatic rings. The molecule has 0 bridgehead atoms. The zero-order chi connectivity index (χ0) is 18.7. The molecule has 3 N–H and O–H groups in total. The Hall–Kier alpha value is -1.82. The monoisotopic (exact) mass is 362 g/mol. The number of aliphatic hydroxyl groups excluding tert-OH is 1. The molecule has 2 saturated carbocycles. The third-order valence-electron chi connectivity index (χ3n) is 6.18. The first kappa shape index (κ1) is 19.0. The van der Waals surface area contributed by atoms with Crippen LogP contribution in [0.2, 0.25) is 0 Å². The van der Waals surface area contributed by atoms with Crippen LogP contribution in [0.15, 0.2) is 12.3 Å². The lowest BCUT2D eigenvalue weighted by Gasteiger charge is -2.48. The van der Waals surface area contributed by atoms with Crippen LogP contribution >= 0.6 is 0 Å². The fourth-order valence-corrected chi connectivity index (χ4v) is 5.02. The molecule has 1 amide bonds. The van der Waals surface area contributed by atoms with Gasteiger partial charge in [-0.2, -0.15) is 0 Å². The van der Waals surface area contributed by atoms with Gasteiger partial charge in [0.15, 0.2) is 17.2 Å². The fourth-order valence-electron chi connectivity index (χ4n) is 5.02. The summed E-state index contributed by atoms with van der Waals surface area (Å²) < 4.78 is 5.06. The second-order valence-corrected chi connectivity index (χ2v) is 7.67. The highest BCUT2D eigenvalue weighted by atomic mass is 16.5. The van der Waals surface area contributed by atoms with E-state index in [1.54, 1.807) is 0 Å². The van der Waals surface area contributed by atoms with Gasteiger partial charge in [0.1, 0.15) is 0 Å². The molecular weight excluding hydrogens is 332 g/mol. The number of nitrogens with one attached hydrogen (secondary N) is 1. The van der Waals surface area contributed by atoms with E-state index in [2.05, 4.69) is 17.2 Å². The van der Waals surface area contributed by atoms with Gasteiger partial charge >= 0.3 is 0 Å². The van der Waals surface area contributed by atoms with E-state index in [4.69, 9.17) is 4.74 Å². The van der Waals surface area contributed by atoms with Crippen LogP contribution in [0.4, 0.5) is 0 Å². The normalized spacial score (nSPS) is 31.1. The smallest absolute Gasteiger partial charge is 0.274 e. The number of nitrogens with zero attached hydrogens (tertiary/aromatic N) is 1. The van der Waals surface area contributed by atoms with Gasteiger partial charge in [-0.05, 0) is 37.0 Å². The van der Waals surface area contributed by atoms with Crippen LogP contribution in [-0.4, -0.2) is 40.4 Å². The van der Waals surface area contributed by atoms with E-state index in [1.807, 2.05) is 0 Å². The van der Waals surface area contributed by atoms with Crippen molar-refractivity contribution in [1.82, 2.24) is 10.3 Å². The molecule has 0 aromatic carbocycles. The summed E-state index contributed by atoms with van der Waals surface area (Å²) in [4.78, 5) is 16.8. The third kappa shape index (κ3) is 3.65. The first-order valence-corrected chi connectivity index (χ1v) is 9.77. The molecule has 0 aliphatic heterocycles. The van der Waals surface area contributed by atoms with Gasteiger partial charge in [-0.25, -0.2) is 4.98 Å². The summed E-state index contributed by atoms with van der Waals surface area (Å²) in [5, 5.41) is 23.9. The number of carbonyl (C=O) groups is 1. The average molecular weight is 362 g/mol. The Morgan fingerprint density at radius 1 is 1.38 bits per heavy atom. The van der Waals surface area contributed by atoms with E-state index >= 15 is 0 Å². The minimum atomic E-state index is -0.553. The van der Waals surface area contributed by atoms with Gasteiger partial charge < -0.3 is 20.3 Å². The molecule has 1 aromatic heterocycles. The van der Waals surface area contributed by atoms with Crippen molar-refractivity contribution in [2.75, 3.05) is 7.11 Å². The van der Waals surface area contributed by atoms with E-state index in [0.29, 0.717) is 11.8 Å². The average Bonchev–Trinajstić information content (AvgIpc) is 2.64. The number of aromatic hydroxyl groups is 1. The zero-order valence-corrected chi connectivity index (χ0v) is 15.6. The van der Waals surface area contributed by atoms with E-state index in [0.717, 1.165) is 19.3 Å². The van der Waals surface area contributed by atoms with Crippen molar-refractivity contribution >= 4 is 5.91 Å². The predicted molar refractivity (Wildman–Crippen MR) is 98.2 cm³/mol. The molecule has 5 unspecified atom stereocenters. The summed E-state index contributed by atoms with van der Waals surface area (Å²) in [6.07, 6.45) is 8.47. The number of pyridine rings is 1. The second kappa shape index (κ2) is 8.25. The Morgan fingerprint density at radius 3 is 2.88 bits per heavy atom. The number of fused-ring (bicyclic) bond motifs is 1. The number of methoxy groups -OCH3 is 1. The zero-order valence-electron chi connectivity index (χ0n) is 15.6. The lowest BCUT2D eigenvalue weighted by Crippen LogP contribution is -2.56. The number of aliphatic hydroxyl groups is 1. The fraction of sp³-hybridized carbons (Fsp3) is 0.700. The Balaban J connectivity index is 1.81. The molecular formula is C20H30N2O4. The quantitative estimate of drug-likeness (QED) is 0.749. The van der Waals surface area contributed by atoms with Gasteiger partial charge in [0.2, 0.25) is 0 Å². The van der Waals surface area contributed by atoms with Gasteiger partial charge in [-0.1, -0.05) is 32.6 Å². The molecule has 0 spiro atoms. The van der Waals surface area contributed by atoms with Gasteiger partial charge in [0.25, 0.3) is 5.91 Å². The molecule has 0 saturated heterocycles. The standard InChI is InChI=1S/C20H30N2O4/c1-3-6-14-13-8-5-4-7-12(13)11-15(23)17(14)22-20(25)18-19(24)16(26-2)9-10-21-18/h9-10,12-15,17,23-24H,3-8,11H2,1-2H3,(H,22,25). The van der Waals surface area contributed by atoms with Crippen molar-refractivity contribution in [2.45, 2.75) is 64.0 Å². The first-order valence-electron chi connectivity index (χ1n) is 9.77. The van der Waals surface area contributed by atoms with Crippen LogP contribution in [0.5, 0.6) is 11.5 Å². The summed E-state index contributed by atoms with van der Waals surface area (Å²) in [5.74, 6) is 0.884. The molecule has 3 rings (SSSR count). The summed E-state index contributed by atoms with van der Waals surface area (Å²) in [5.41, 5.74) is -0.0578. The molecule has 5 atom stereocenters. The number of rotatable bonds is 5. The van der Waals surface area contributed by atoms with Crippen molar-refractivity contribution in [2.24, 2.45) is 17.8 Å². The molecule has 6 heteroatoms. The highest BCUT2D eigenvalue weighted by Crippen LogP contribution is 2.45. The lowest BCUT2D eigenvalue weighted by molar-refractivity contribution is -0.0259. The Morgan fingerprint density at radius 2 is 2.15 bits per heavy atom. The van der Waals surface area contributed by atoms with Crippen molar-refractivity contribution in [1.29, 1.82) is 0 Å². The maximum absolute atomic E-state index is 12.8. The SMILES string of the molecule is CCCC1C2CCCCC2CC(O)C1NC(=O)c1nccc(OC)c1O. The number of hydrogen-bond acceptors (Lipinski definition) is 5. The minimum Gasteiger partial charge on any atom is -0.503 e. The number of amides is 1. The largest absolute Gasteiger partial charge is 0.503 e. The van der Waals surface area contributed by atoms with Crippen LogP contribution in [-0.2, 0) is 0 Å². The van der Waals surface area contributed by atoms with Gasteiger partial charge in [-0.3, -0.25) is 4.79 Å². The van der Waals surface area contributed by atoms with Crippen LogP contribution in [0.25, 0.3) is 0 Å². The van der Waals surface area contributed by atoms with Crippen molar-refractivity contribution < 1.29 is 19.7 Å². The molecule has 26 heavy (non-hydrogen) atoms. The number of aromatic nitrogens is 1. The van der Waals surface area contributed by atoms with Crippen LogP contribution < -0.4 is 10.1 Å². The predicted octanol–water partition coefficient (Wildman–Crippen LogP) is 2.88. The molecule has 2 fully saturated rings. The molecule has 1 heterocycles. The molecule has 0 radical (unpaired) electrons. The summed E-state index contributed by atoms with van der Waals surface area (Å²) in [6, 6.07) is 1.21. The lowest BCUT2D eigenvalue weighted by atomic mass is 9.61. The Kier molecular flexibility index (Phi) is 6.01. The highest BCUT2D eigenvalue weighted by molar-refractivity contribution is 5.95. The van der Waals surface area contributed by atoms with E-state index < -0.39 is 12.0 Å². The highest BCUT2D eigenvalue weighted by Gasteiger charge is 2.45. The van der Waals surface area contributed by atoms with Gasteiger partial charge in [0, 0.05) is 12.3 Å². The van der Waals surface area contributed by atoms with Crippen LogP contribution in [0.3, 0.4) is 0 Å². The summed E-state index contributed by atoms with van der Waals surface area (Å²) >= 11 is 0. The number of hydrogen-bond donors (Lipinski definition) is 3. The van der Waals surface area contributed by atoms with E-state index in [-0.39, 0.29) is 29.2 Å². The van der Waals surface area contributed by atoms with Crippen LogP contribution in [0.1, 0.15) is 62.4 Å². The third-order valence-corrected chi connectivity index (χ3v) is 6.18. The van der Waals surface area contributed by atoms with Crippen molar-refractivity contribution in [3.05, 3.63) is 18.0 Å². The van der Waals surface area contributed by atoms with Gasteiger partial charge in [0.05, 0.1) is 19.3 Å². The van der Waals surface area contributed by atoms with Gasteiger partial charge in [-0.15, -0.1) is 0 Å². The van der Waals surface area contributed by atoms with Crippen molar-refractivity contribution in [3.63, 3.8) is 0 Å². The van der Waals surface area contributed by atoms with Crippen molar-refractivity contribution in [3.8, 4) is 11.5 Å². The number of carbonyl (C=O) groups excluding carboxylic acids is 1. The maximum atomic E-state index is 12.8. The van der Waals surface area contributed by atoms with E-state index in [9.17, 15) is 15.0 Å². The second-order valence-electron chi connectivity index (χ2n) is 7.67. The van der Waals surface area contributed by atoms with E-state index in [1.165, 1.54) is 45.1 Å². The number of ether oxygens (including phenoxy) is 1. The molecule has 6 nitrogen and oxygen atoms in total. The molecule has 2 aliphatic rings. The first-order chi connectivity index (χ1) is 12.6. The molecule has 2 aliphatic carbocycles. The topological polar surface area (TPSA) is 91.7 Å². The van der Waals surface area contributed by atoms with Crippen LogP contribution in [0, 0.1) is 17.8 Å². The molecule has 144 valence electrons.